The van der Waals surface area contributed by atoms with Crippen molar-refractivity contribution < 1.29 is 36.4 Å². The summed E-state index contributed by atoms with van der Waals surface area (Å²) in [5.74, 6) is -0.314. The van der Waals surface area contributed by atoms with Crippen LogP contribution in [-0.2, 0) is 32.0 Å². The third-order valence-corrected chi connectivity index (χ3v) is 11.7. The van der Waals surface area contributed by atoms with Crippen molar-refractivity contribution in [2.24, 2.45) is 11.8 Å². The van der Waals surface area contributed by atoms with Gasteiger partial charge < -0.3 is 24.1 Å². The minimum atomic E-state index is -4.14. The second kappa shape index (κ2) is 11.0. The molecule has 2 saturated heterocycles. The number of nitrogens with zero attached hydrogens (tertiary/aromatic N) is 9. The van der Waals surface area contributed by atoms with E-state index in [4.69, 9.17) is 28.6 Å². The van der Waals surface area contributed by atoms with Gasteiger partial charge in [-0.1, -0.05) is 24.5 Å². The molecule has 2 unspecified atom stereocenters. The molecule has 22 heteroatoms. The van der Waals surface area contributed by atoms with E-state index in [9.17, 15) is 9.13 Å². The molecule has 7 heterocycles. The predicted molar refractivity (Wildman–Crippen MR) is 161 cm³/mol. The molecule has 3 fully saturated rings. The second-order valence-corrected chi connectivity index (χ2v) is 16.7. The van der Waals surface area contributed by atoms with Crippen LogP contribution in [0, 0.1) is 11.8 Å². The van der Waals surface area contributed by atoms with Gasteiger partial charge in [0.2, 0.25) is 0 Å². The molecule has 0 amide bonds. The van der Waals surface area contributed by atoms with Crippen LogP contribution in [0.4, 0.5) is 10.2 Å². The number of ether oxygens (including phenoxy) is 1. The van der Waals surface area contributed by atoms with Gasteiger partial charge >= 0.3 is 13.6 Å². The predicted octanol–water partition coefficient (Wildman–Crippen LogP) is 3.44. The lowest BCUT2D eigenvalue weighted by Crippen LogP contribution is -2.43. The molecule has 5 aromatic heterocycles. The summed E-state index contributed by atoms with van der Waals surface area (Å²) in [5, 5.41) is 0. The fourth-order valence-electron chi connectivity index (χ4n) is 6.12. The Hall–Kier alpha value is -2.67. The quantitative estimate of drug-likeness (QED) is 0.179. The summed E-state index contributed by atoms with van der Waals surface area (Å²) < 4.78 is 76.4. The van der Waals surface area contributed by atoms with Crippen LogP contribution in [-0.4, -0.2) is 81.6 Å². The molecule has 238 valence electrons. The Labute approximate surface area is 263 Å². The van der Waals surface area contributed by atoms with Crippen LogP contribution in [0.15, 0.2) is 37.7 Å². The van der Waals surface area contributed by atoms with Gasteiger partial charge in [0.15, 0.2) is 40.7 Å². The maximum Gasteiger partial charge on any atom is 0.386 e. The van der Waals surface area contributed by atoms with Gasteiger partial charge in [-0.2, -0.15) is 0 Å². The zero-order chi connectivity index (χ0) is 31.1. The average Bonchev–Trinajstić information content (AvgIpc) is 3.77. The van der Waals surface area contributed by atoms with Crippen LogP contribution in [0.25, 0.3) is 28.0 Å². The molecular formula is C23H25FN10O7P2S2. The fraction of sp³-hybridized carbons (Fsp3) is 0.478. The Morgan fingerprint density at radius 2 is 1.62 bits per heavy atom. The number of anilines is 1. The first-order valence-corrected chi connectivity index (χ1v) is 19.1. The number of rotatable bonds is 2. The highest BCUT2D eigenvalue weighted by Crippen LogP contribution is 2.60. The SMILES string of the molecule is Nc1ncnc2c1ncn2[C@@H]1C[C@@H]2COP(=O)(S)O[C@H]3[C@@H](F)[C@H](n4cnc5c4ncn4ccnc54)O[C@@H]3COP(=O)(S)OC[C@H]21. The molecule has 17 nitrogen and oxygen atoms in total. The standard InChI is InChI=1S/C23H25FN10O7P2S2/c24-15-18-14(40-23(15)34-10-30-17-20-26-1-2-32(20)8-31-22(17)34)6-39-42(35,44)38-5-12-11(4-37-43(36,45)41-18)3-13(12)33-9-29-16-19(25)27-7-28-21(16)33/h1-2,7-15,18,23H,3-6H2,(H,35,44)(H,36,45)(H2,25,27,28)/t11-,12-,13-,14-,15-,18-,23-,42?,43?/m1/s1. The molecule has 2 N–H and O–H groups in total. The summed E-state index contributed by atoms with van der Waals surface area (Å²) in [6, 6.07) is -0.211. The van der Waals surface area contributed by atoms with E-state index >= 15 is 4.39 Å². The highest BCUT2D eigenvalue weighted by Gasteiger charge is 2.52. The zero-order valence-electron chi connectivity index (χ0n) is 23.0. The first-order chi connectivity index (χ1) is 21.6. The monoisotopic (exact) mass is 698 g/mol. The third kappa shape index (κ3) is 5.16. The molecule has 45 heavy (non-hydrogen) atoms. The summed E-state index contributed by atoms with van der Waals surface area (Å²) >= 11 is 8.31. The average molecular weight is 699 g/mol. The number of aromatic nitrogens is 9. The van der Waals surface area contributed by atoms with E-state index in [-0.39, 0.29) is 36.9 Å². The lowest BCUT2D eigenvalue weighted by molar-refractivity contribution is -0.0408. The van der Waals surface area contributed by atoms with Crippen molar-refractivity contribution in [1.29, 1.82) is 0 Å². The molecule has 0 spiro atoms. The van der Waals surface area contributed by atoms with E-state index < -0.39 is 44.8 Å². The minimum Gasteiger partial charge on any atom is -0.382 e. The molecule has 2 aliphatic heterocycles. The molecule has 0 bridgehead atoms. The van der Waals surface area contributed by atoms with Crippen LogP contribution in [0.3, 0.4) is 0 Å². The van der Waals surface area contributed by atoms with Gasteiger partial charge in [0.1, 0.15) is 30.4 Å². The van der Waals surface area contributed by atoms with E-state index in [0.717, 1.165) is 0 Å². The lowest BCUT2D eigenvalue weighted by Gasteiger charge is -2.45. The highest BCUT2D eigenvalue weighted by molar-refractivity contribution is 8.44. The van der Waals surface area contributed by atoms with Crippen LogP contribution < -0.4 is 5.73 Å². The number of alkyl halides is 1. The maximum absolute atomic E-state index is 16.2. The normalized spacial score (nSPS) is 36.2. The summed E-state index contributed by atoms with van der Waals surface area (Å²) in [6.07, 6.45) is 3.70. The number of imidazole rings is 3. The molecule has 1 saturated carbocycles. The van der Waals surface area contributed by atoms with E-state index in [2.05, 4.69) is 54.4 Å². The number of nitrogen functional groups attached to an aromatic ring is 1. The molecule has 3 aliphatic rings. The number of hydrogen-bond acceptors (Lipinski definition) is 14. The zero-order valence-corrected chi connectivity index (χ0v) is 26.5. The van der Waals surface area contributed by atoms with Gasteiger partial charge in [-0.05, 0) is 12.3 Å². The molecule has 1 aliphatic carbocycles. The van der Waals surface area contributed by atoms with Gasteiger partial charge in [0.25, 0.3) is 0 Å². The summed E-state index contributed by atoms with van der Waals surface area (Å²) in [7, 11) is 0. The number of nitrogens with two attached hydrogens (primary N) is 1. The van der Waals surface area contributed by atoms with E-state index in [1.54, 1.807) is 23.1 Å². The van der Waals surface area contributed by atoms with E-state index in [1.807, 2.05) is 4.57 Å². The van der Waals surface area contributed by atoms with Gasteiger partial charge in [-0.3, -0.25) is 18.0 Å². The number of thiol groups is 2. The van der Waals surface area contributed by atoms with Crippen molar-refractivity contribution in [2.45, 2.75) is 37.1 Å². The smallest absolute Gasteiger partial charge is 0.382 e. The van der Waals surface area contributed by atoms with Gasteiger partial charge in [0.05, 0.1) is 32.5 Å². The van der Waals surface area contributed by atoms with Crippen LogP contribution >= 0.6 is 38.1 Å². The molecule has 8 rings (SSSR count). The second-order valence-electron chi connectivity index (χ2n) is 10.9. The molecular weight excluding hydrogens is 673 g/mol. The summed E-state index contributed by atoms with van der Waals surface area (Å²) in [4.78, 5) is 25.6. The van der Waals surface area contributed by atoms with Crippen molar-refractivity contribution in [3.05, 3.63) is 37.7 Å². The Morgan fingerprint density at radius 3 is 2.49 bits per heavy atom. The van der Waals surface area contributed by atoms with Gasteiger partial charge in [0, 0.05) is 24.4 Å². The number of hydrogen-bond donors (Lipinski definition) is 3. The molecule has 0 radical (unpaired) electrons. The molecule has 0 aromatic carbocycles. The Balaban J connectivity index is 1.05. The number of fused-ring (bicyclic) bond motifs is 6. The minimum absolute atomic E-state index is 0.0598. The van der Waals surface area contributed by atoms with Crippen molar-refractivity contribution in [3.8, 4) is 0 Å². The van der Waals surface area contributed by atoms with Gasteiger partial charge in [-0.15, -0.1) is 0 Å². The summed E-state index contributed by atoms with van der Waals surface area (Å²) in [6.45, 7) is -8.73. The largest absolute Gasteiger partial charge is 0.386 e. The Kier molecular flexibility index (Phi) is 7.23. The fourth-order valence-corrected chi connectivity index (χ4v) is 8.82. The number of halogens is 1. The Bertz CT molecular complexity index is 2030. The first kappa shape index (κ1) is 29.7. The van der Waals surface area contributed by atoms with Crippen molar-refractivity contribution in [3.63, 3.8) is 0 Å². The highest BCUT2D eigenvalue weighted by atomic mass is 32.7. The van der Waals surface area contributed by atoms with E-state index in [0.29, 0.717) is 34.4 Å². The topological polar surface area (TPSA) is 198 Å². The molecule has 9 atom stereocenters. The first-order valence-electron chi connectivity index (χ1n) is 13.7. The van der Waals surface area contributed by atoms with Gasteiger partial charge in [-0.25, -0.2) is 43.4 Å². The van der Waals surface area contributed by atoms with Crippen molar-refractivity contribution >= 4 is 71.9 Å². The third-order valence-electron chi connectivity index (χ3n) is 8.42. The lowest BCUT2D eigenvalue weighted by atomic mass is 9.70. The Morgan fingerprint density at radius 1 is 0.867 bits per heavy atom. The van der Waals surface area contributed by atoms with Crippen molar-refractivity contribution in [1.82, 2.24) is 43.4 Å². The van der Waals surface area contributed by atoms with Crippen LogP contribution in [0.1, 0.15) is 18.7 Å². The summed E-state index contributed by atoms with van der Waals surface area (Å²) in [5.41, 5.74) is 8.15. The maximum atomic E-state index is 16.2. The van der Waals surface area contributed by atoms with E-state index in [1.165, 1.54) is 23.5 Å². The van der Waals surface area contributed by atoms with Crippen molar-refractivity contribution in [2.75, 3.05) is 25.6 Å². The van der Waals surface area contributed by atoms with Crippen LogP contribution in [0.5, 0.6) is 0 Å². The van der Waals surface area contributed by atoms with Crippen LogP contribution in [0.2, 0.25) is 0 Å². The molecule has 5 aromatic rings.